The van der Waals surface area contributed by atoms with Gasteiger partial charge in [0.15, 0.2) is 17.5 Å². The van der Waals surface area contributed by atoms with Crippen LogP contribution in [0, 0.1) is 0 Å². The van der Waals surface area contributed by atoms with Crippen LogP contribution < -0.4 is 0 Å². The summed E-state index contributed by atoms with van der Waals surface area (Å²) in [4.78, 5) is 15.9. The van der Waals surface area contributed by atoms with E-state index in [1.165, 1.54) is 26.9 Å². The van der Waals surface area contributed by atoms with Crippen LogP contribution in [0.4, 0.5) is 0 Å². The largest absolute Gasteiger partial charge is 0.309 e. The molecule has 5 heteroatoms. The summed E-state index contributed by atoms with van der Waals surface area (Å²) in [6, 6.07) is 70.9. The van der Waals surface area contributed by atoms with Crippen LogP contribution in [0.5, 0.6) is 0 Å². The molecule has 5 nitrogen and oxygen atoms in total. The highest BCUT2D eigenvalue weighted by atomic mass is 15.0. The molecule has 0 saturated carbocycles. The lowest BCUT2D eigenvalue weighted by atomic mass is 10.0. The van der Waals surface area contributed by atoms with Crippen molar-refractivity contribution in [2.75, 3.05) is 0 Å². The van der Waals surface area contributed by atoms with Gasteiger partial charge in [-0.2, -0.15) is 0 Å². The van der Waals surface area contributed by atoms with Gasteiger partial charge in [0, 0.05) is 49.6 Å². The van der Waals surface area contributed by atoms with Crippen LogP contribution in [0.1, 0.15) is 0 Å². The molecule has 3 aromatic heterocycles. The maximum absolute atomic E-state index is 5.35. The number of fused-ring (bicyclic) bond motifs is 8. The molecule has 0 saturated heterocycles. The van der Waals surface area contributed by atoms with Gasteiger partial charge in [-0.3, -0.25) is 0 Å². The van der Waals surface area contributed by atoms with Gasteiger partial charge < -0.3 is 9.13 Å². The smallest absolute Gasteiger partial charge is 0.164 e. The Kier molecular flexibility index (Phi) is 7.16. The molecule has 0 atom stereocenters. The van der Waals surface area contributed by atoms with E-state index >= 15 is 0 Å². The van der Waals surface area contributed by atoms with Gasteiger partial charge in [-0.25, -0.2) is 15.0 Å². The van der Waals surface area contributed by atoms with Crippen LogP contribution >= 0.6 is 0 Å². The van der Waals surface area contributed by atoms with Crippen molar-refractivity contribution in [3.05, 3.63) is 200 Å². The van der Waals surface area contributed by atoms with Crippen LogP contribution in [0.15, 0.2) is 200 Å². The van der Waals surface area contributed by atoms with E-state index < -0.39 is 0 Å². The standard InChI is InChI=1S/C53H33N5/c1-2-19-40(20-3-1)57-47-26-11-9-23-43(47)50-44(24-13-27-48(50)57)53-55-51(54-52(56-53)39-29-28-34-14-4-5-15-35(34)30-39)38-18-12-21-41(31-38)58-46-25-10-8-22-42(46)45-32-36-16-6-7-17-37(36)33-49(45)58/h1-33H. The first-order chi connectivity index (χ1) is 28.7. The minimum atomic E-state index is 0.616. The summed E-state index contributed by atoms with van der Waals surface area (Å²) >= 11 is 0. The molecule has 12 aromatic rings. The maximum Gasteiger partial charge on any atom is 0.164 e. The number of hydrogen-bond donors (Lipinski definition) is 0. The monoisotopic (exact) mass is 739 g/mol. The fraction of sp³-hybridized carbons (Fsp3) is 0. The van der Waals surface area contributed by atoms with Crippen molar-refractivity contribution < 1.29 is 0 Å². The van der Waals surface area contributed by atoms with Crippen molar-refractivity contribution >= 4 is 65.2 Å². The number of nitrogens with zero attached hydrogens (tertiary/aromatic N) is 5. The first-order valence-electron chi connectivity index (χ1n) is 19.6. The molecule has 9 aromatic carbocycles. The van der Waals surface area contributed by atoms with Crippen molar-refractivity contribution in [2.24, 2.45) is 0 Å². The number of aromatic nitrogens is 5. The van der Waals surface area contributed by atoms with Crippen LogP contribution in [-0.4, -0.2) is 24.1 Å². The van der Waals surface area contributed by atoms with Gasteiger partial charge >= 0.3 is 0 Å². The minimum absolute atomic E-state index is 0.616. The minimum Gasteiger partial charge on any atom is -0.309 e. The van der Waals surface area contributed by atoms with E-state index in [4.69, 9.17) is 15.0 Å². The normalized spacial score (nSPS) is 11.8. The van der Waals surface area contributed by atoms with Crippen molar-refractivity contribution in [3.63, 3.8) is 0 Å². The highest BCUT2D eigenvalue weighted by Gasteiger charge is 2.20. The average molecular weight is 740 g/mol. The molecule has 0 aliphatic carbocycles. The molecule has 0 fully saturated rings. The predicted molar refractivity (Wildman–Crippen MR) is 240 cm³/mol. The Bertz CT molecular complexity index is 3580. The summed E-state index contributed by atoms with van der Waals surface area (Å²) < 4.78 is 4.70. The Balaban J connectivity index is 1.10. The van der Waals surface area contributed by atoms with Crippen molar-refractivity contribution in [1.82, 2.24) is 24.1 Å². The number of hydrogen-bond acceptors (Lipinski definition) is 3. The zero-order valence-corrected chi connectivity index (χ0v) is 31.3. The van der Waals surface area contributed by atoms with Gasteiger partial charge in [-0.15, -0.1) is 0 Å². The molecule has 0 aliphatic rings. The Morgan fingerprint density at radius 2 is 0.845 bits per heavy atom. The molecule has 0 N–H and O–H groups in total. The van der Waals surface area contributed by atoms with Crippen molar-refractivity contribution in [2.45, 2.75) is 0 Å². The summed E-state index contributed by atoms with van der Waals surface area (Å²) in [5, 5.41) is 9.44. The highest BCUT2D eigenvalue weighted by Crippen LogP contribution is 2.39. The molecule has 58 heavy (non-hydrogen) atoms. The number of para-hydroxylation sites is 3. The molecule has 0 spiro atoms. The fourth-order valence-electron chi connectivity index (χ4n) is 8.86. The summed E-state index contributed by atoms with van der Waals surface area (Å²) in [7, 11) is 0. The molecule has 0 unspecified atom stereocenters. The van der Waals surface area contributed by atoms with E-state index in [-0.39, 0.29) is 0 Å². The topological polar surface area (TPSA) is 48.5 Å². The third-order valence-electron chi connectivity index (χ3n) is 11.5. The molecule has 3 heterocycles. The van der Waals surface area contributed by atoms with E-state index in [2.05, 4.69) is 209 Å². The zero-order valence-electron chi connectivity index (χ0n) is 31.3. The molecule has 0 radical (unpaired) electrons. The molecule has 0 amide bonds. The van der Waals surface area contributed by atoms with E-state index in [9.17, 15) is 0 Å². The summed E-state index contributed by atoms with van der Waals surface area (Å²) in [5.74, 6) is 1.87. The fourth-order valence-corrected chi connectivity index (χ4v) is 8.86. The number of rotatable bonds is 5. The second-order valence-electron chi connectivity index (χ2n) is 14.9. The van der Waals surface area contributed by atoms with Crippen molar-refractivity contribution in [3.8, 4) is 45.5 Å². The molecule has 0 bridgehead atoms. The first-order valence-corrected chi connectivity index (χ1v) is 19.6. The molecule has 0 aliphatic heterocycles. The first kappa shape index (κ1) is 32.4. The van der Waals surface area contributed by atoms with Gasteiger partial charge in [-0.1, -0.05) is 140 Å². The summed E-state index contributed by atoms with van der Waals surface area (Å²) in [5.41, 5.74) is 9.49. The molecule has 12 rings (SSSR count). The van der Waals surface area contributed by atoms with Gasteiger partial charge in [0.1, 0.15) is 0 Å². The Morgan fingerprint density at radius 1 is 0.293 bits per heavy atom. The van der Waals surface area contributed by atoms with Crippen LogP contribution in [0.2, 0.25) is 0 Å². The molecular formula is C53H33N5. The second kappa shape index (κ2) is 12.8. The maximum atomic E-state index is 5.35. The van der Waals surface area contributed by atoms with E-state index in [1.807, 2.05) is 0 Å². The predicted octanol–water partition coefficient (Wildman–Crippen LogP) is 13.4. The van der Waals surface area contributed by atoms with Crippen molar-refractivity contribution in [1.29, 1.82) is 0 Å². The lowest BCUT2D eigenvalue weighted by molar-refractivity contribution is 1.07. The average Bonchev–Trinajstić information content (AvgIpc) is 3.81. The Hall–Kier alpha value is -7.89. The number of benzene rings is 9. The van der Waals surface area contributed by atoms with E-state index in [0.29, 0.717) is 17.5 Å². The lowest BCUT2D eigenvalue weighted by Gasteiger charge is -2.13. The Morgan fingerprint density at radius 3 is 1.64 bits per heavy atom. The Labute approximate surface area is 333 Å². The lowest BCUT2D eigenvalue weighted by Crippen LogP contribution is -2.01. The summed E-state index contributed by atoms with van der Waals surface area (Å²) in [6.07, 6.45) is 0. The van der Waals surface area contributed by atoms with E-state index in [0.717, 1.165) is 66.3 Å². The molecular weight excluding hydrogens is 707 g/mol. The van der Waals surface area contributed by atoms with Crippen LogP contribution in [0.3, 0.4) is 0 Å². The van der Waals surface area contributed by atoms with E-state index in [1.54, 1.807) is 0 Å². The summed E-state index contributed by atoms with van der Waals surface area (Å²) in [6.45, 7) is 0. The third-order valence-corrected chi connectivity index (χ3v) is 11.5. The zero-order chi connectivity index (χ0) is 38.2. The van der Waals surface area contributed by atoms with Crippen LogP contribution in [0.25, 0.3) is 111 Å². The highest BCUT2D eigenvalue weighted by molar-refractivity contribution is 6.16. The third kappa shape index (κ3) is 5.07. The van der Waals surface area contributed by atoms with Gasteiger partial charge in [-0.05, 0) is 82.2 Å². The van der Waals surface area contributed by atoms with Crippen LogP contribution in [-0.2, 0) is 0 Å². The van der Waals surface area contributed by atoms with Gasteiger partial charge in [0.05, 0.1) is 22.1 Å². The second-order valence-corrected chi connectivity index (χ2v) is 14.9. The van der Waals surface area contributed by atoms with Gasteiger partial charge in [0.25, 0.3) is 0 Å². The quantitative estimate of drug-likeness (QED) is 0.177. The molecule has 270 valence electrons. The SMILES string of the molecule is c1ccc(-n2c3ccccc3c3c(-c4nc(-c5cccc(-n6c7ccccc7c7cc8ccccc8cc76)c5)nc(-c5ccc6ccccc6c5)n4)cccc32)cc1. The van der Waals surface area contributed by atoms with Gasteiger partial charge in [0.2, 0.25) is 0 Å².